The van der Waals surface area contributed by atoms with Crippen molar-refractivity contribution in [2.45, 2.75) is 23.1 Å². The minimum atomic E-state index is -3.36. The molecule has 0 bridgehead atoms. The zero-order valence-corrected chi connectivity index (χ0v) is 10.1. The van der Waals surface area contributed by atoms with E-state index >= 15 is 0 Å². The van der Waals surface area contributed by atoms with E-state index < -0.39 is 9.84 Å². The molecule has 1 saturated heterocycles. The fourth-order valence-corrected chi connectivity index (χ4v) is 3.63. The smallest absolute Gasteiger partial charge is 0.198 e. The van der Waals surface area contributed by atoms with Crippen molar-refractivity contribution in [1.82, 2.24) is 15.3 Å². The van der Waals surface area contributed by atoms with Gasteiger partial charge >= 0.3 is 0 Å². The van der Waals surface area contributed by atoms with Gasteiger partial charge in [0.1, 0.15) is 11.5 Å². The van der Waals surface area contributed by atoms with Gasteiger partial charge in [-0.05, 0) is 25.9 Å². The molecule has 1 N–H and O–H groups in total. The third kappa shape index (κ3) is 2.34. The topological polar surface area (TPSA) is 72.0 Å². The Kier molecular flexibility index (Phi) is 3.41. The van der Waals surface area contributed by atoms with E-state index in [2.05, 4.69) is 15.3 Å². The van der Waals surface area contributed by atoms with Crippen molar-refractivity contribution in [3.05, 3.63) is 17.5 Å². The fraction of sp³-hybridized carbons (Fsp3) is 0.556. The SMILES string of the molecule is O=S(=O)(c1cc(Cl)ncn1)C1CCNCC1. The summed E-state index contributed by atoms with van der Waals surface area (Å²) in [6.45, 7) is 1.45. The summed E-state index contributed by atoms with van der Waals surface area (Å²) in [5.41, 5.74) is 0. The van der Waals surface area contributed by atoms with Crippen molar-refractivity contribution in [2.75, 3.05) is 13.1 Å². The standard InChI is InChI=1S/C9H12ClN3O2S/c10-8-5-9(13-6-12-8)16(14,15)7-1-3-11-4-2-7/h5-7,11H,1-4H2. The molecular formula is C9H12ClN3O2S. The van der Waals surface area contributed by atoms with Crippen molar-refractivity contribution in [3.8, 4) is 0 Å². The molecule has 0 spiro atoms. The number of nitrogens with one attached hydrogen (secondary N) is 1. The lowest BCUT2D eigenvalue weighted by atomic mass is 10.2. The highest BCUT2D eigenvalue weighted by Gasteiger charge is 2.30. The summed E-state index contributed by atoms with van der Waals surface area (Å²) < 4.78 is 24.3. The molecule has 1 fully saturated rings. The first-order valence-electron chi connectivity index (χ1n) is 5.03. The van der Waals surface area contributed by atoms with Gasteiger partial charge in [-0.1, -0.05) is 11.6 Å². The molecular weight excluding hydrogens is 250 g/mol. The monoisotopic (exact) mass is 261 g/mol. The molecule has 88 valence electrons. The maximum atomic E-state index is 12.2. The van der Waals surface area contributed by atoms with Gasteiger partial charge < -0.3 is 5.32 Å². The van der Waals surface area contributed by atoms with Gasteiger partial charge in [-0.25, -0.2) is 18.4 Å². The second-order valence-electron chi connectivity index (χ2n) is 3.67. The van der Waals surface area contributed by atoms with Crippen molar-refractivity contribution in [3.63, 3.8) is 0 Å². The molecule has 0 unspecified atom stereocenters. The predicted octanol–water partition coefficient (Wildman–Crippen LogP) is 0.656. The number of sulfone groups is 1. The number of halogens is 1. The van der Waals surface area contributed by atoms with E-state index in [0.717, 1.165) is 13.1 Å². The summed E-state index contributed by atoms with van der Waals surface area (Å²) in [6, 6.07) is 1.30. The van der Waals surface area contributed by atoms with E-state index in [1.165, 1.54) is 12.4 Å². The van der Waals surface area contributed by atoms with Crippen LogP contribution >= 0.6 is 11.6 Å². The lowest BCUT2D eigenvalue weighted by Gasteiger charge is -2.22. The largest absolute Gasteiger partial charge is 0.317 e. The van der Waals surface area contributed by atoms with Gasteiger partial charge in [-0.15, -0.1) is 0 Å². The molecule has 0 radical (unpaired) electrons. The summed E-state index contributed by atoms with van der Waals surface area (Å²) in [6.07, 6.45) is 2.41. The van der Waals surface area contributed by atoms with E-state index in [1.54, 1.807) is 0 Å². The fourth-order valence-electron chi connectivity index (χ4n) is 1.75. The molecule has 16 heavy (non-hydrogen) atoms. The molecule has 1 aromatic rings. The van der Waals surface area contributed by atoms with Gasteiger partial charge in [-0.2, -0.15) is 0 Å². The van der Waals surface area contributed by atoms with Crippen LogP contribution in [0.3, 0.4) is 0 Å². The number of nitrogens with zero attached hydrogens (tertiary/aromatic N) is 2. The van der Waals surface area contributed by atoms with Crippen LogP contribution in [-0.4, -0.2) is 36.7 Å². The summed E-state index contributed by atoms with van der Waals surface area (Å²) in [5.74, 6) is 0. The number of piperidine rings is 1. The average molecular weight is 262 g/mol. The Bertz CT molecular complexity index is 471. The van der Waals surface area contributed by atoms with Crippen LogP contribution < -0.4 is 5.32 Å². The number of rotatable bonds is 2. The number of aromatic nitrogens is 2. The minimum Gasteiger partial charge on any atom is -0.317 e. The van der Waals surface area contributed by atoms with Gasteiger partial charge in [0.05, 0.1) is 5.25 Å². The first kappa shape index (κ1) is 11.8. The van der Waals surface area contributed by atoms with Crippen molar-refractivity contribution < 1.29 is 8.42 Å². The van der Waals surface area contributed by atoms with Crippen molar-refractivity contribution >= 4 is 21.4 Å². The lowest BCUT2D eigenvalue weighted by molar-refractivity contribution is 0.494. The quantitative estimate of drug-likeness (QED) is 0.792. The van der Waals surface area contributed by atoms with E-state index in [0.29, 0.717) is 12.8 Å². The zero-order valence-electron chi connectivity index (χ0n) is 8.56. The van der Waals surface area contributed by atoms with E-state index in [4.69, 9.17) is 11.6 Å². The molecule has 0 saturated carbocycles. The molecule has 0 amide bonds. The van der Waals surface area contributed by atoms with Crippen molar-refractivity contribution in [1.29, 1.82) is 0 Å². The molecule has 1 aliphatic heterocycles. The Morgan fingerprint density at radius 1 is 1.31 bits per heavy atom. The van der Waals surface area contributed by atoms with Crippen LogP contribution in [0, 0.1) is 0 Å². The van der Waals surface area contributed by atoms with Gasteiger partial charge in [-0.3, -0.25) is 0 Å². The van der Waals surface area contributed by atoms with E-state index in [9.17, 15) is 8.42 Å². The summed E-state index contributed by atoms with van der Waals surface area (Å²) >= 11 is 5.66. The first-order valence-corrected chi connectivity index (χ1v) is 6.95. The highest BCUT2D eigenvalue weighted by Crippen LogP contribution is 2.21. The van der Waals surface area contributed by atoms with Crippen LogP contribution in [0.5, 0.6) is 0 Å². The van der Waals surface area contributed by atoms with E-state index in [-0.39, 0.29) is 15.4 Å². The van der Waals surface area contributed by atoms with Gasteiger partial charge in [0.2, 0.25) is 0 Å². The first-order chi connectivity index (χ1) is 7.60. The van der Waals surface area contributed by atoms with E-state index in [1.807, 2.05) is 0 Å². The van der Waals surface area contributed by atoms with Crippen LogP contribution in [0.15, 0.2) is 17.4 Å². The molecule has 5 nitrogen and oxygen atoms in total. The molecule has 0 aromatic carbocycles. The number of hydrogen-bond donors (Lipinski definition) is 1. The molecule has 2 heterocycles. The maximum absolute atomic E-state index is 12.2. The maximum Gasteiger partial charge on any atom is 0.198 e. The van der Waals surface area contributed by atoms with Crippen LogP contribution in [-0.2, 0) is 9.84 Å². The Morgan fingerprint density at radius 3 is 2.62 bits per heavy atom. The molecule has 0 atom stereocenters. The summed E-state index contributed by atoms with van der Waals surface area (Å²) in [7, 11) is -3.36. The highest BCUT2D eigenvalue weighted by atomic mass is 35.5. The molecule has 2 rings (SSSR count). The Hall–Kier alpha value is -0.720. The van der Waals surface area contributed by atoms with Gasteiger partial charge in [0.25, 0.3) is 0 Å². The Labute approximate surface area is 99.2 Å². The minimum absolute atomic E-state index is 0.0272. The second-order valence-corrected chi connectivity index (χ2v) is 6.24. The molecule has 1 aromatic heterocycles. The van der Waals surface area contributed by atoms with Gasteiger partial charge in [0, 0.05) is 6.07 Å². The van der Waals surface area contributed by atoms with Crippen LogP contribution in [0.1, 0.15) is 12.8 Å². The molecule has 0 aliphatic carbocycles. The molecule has 1 aliphatic rings. The lowest BCUT2D eigenvalue weighted by Crippen LogP contribution is -2.36. The Morgan fingerprint density at radius 2 is 2.00 bits per heavy atom. The third-order valence-electron chi connectivity index (χ3n) is 2.63. The zero-order chi connectivity index (χ0) is 11.6. The summed E-state index contributed by atoms with van der Waals surface area (Å²) in [4.78, 5) is 7.46. The van der Waals surface area contributed by atoms with Gasteiger partial charge in [0.15, 0.2) is 14.9 Å². The molecule has 7 heteroatoms. The van der Waals surface area contributed by atoms with Crippen LogP contribution in [0.4, 0.5) is 0 Å². The van der Waals surface area contributed by atoms with Crippen molar-refractivity contribution in [2.24, 2.45) is 0 Å². The van der Waals surface area contributed by atoms with Crippen LogP contribution in [0.25, 0.3) is 0 Å². The number of hydrogen-bond acceptors (Lipinski definition) is 5. The van der Waals surface area contributed by atoms with Crippen LogP contribution in [0.2, 0.25) is 5.15 Å². The predicted molar refractivity (Wildman–Crippen MR) is 60.1 cm³/mol. The third-order valence-corrected chi connectivity index (χ3v) is 4.99. The second kappa shape index (κ2) is 4.65. The Balaban J connectivity index is 2.30. The normalized spacial score (nSPS) is 18.6. The highest BCUT2D eigenvalue weighted by molar-refractivity contribution is 7.92. The summed E-state index contributed by atoms with van der Waals surface area (Å²) in [5, 5.41) is 2.95. The average Bonchev–Trinajstić information content (AvgIpc) is 2.30.